The lowest BCUT2D eigenvalue weighted by atomic mass is 10.1. The Morgan fingerprint density at radius 2 is 1.96 bits per heavy atom. The molecule has 6 heteroatoms. The molecule has 3 aromatic rings. The number of aryl methyl sites for hydroxylation is 1. The number of benzene rings is 2. The summed E-state index contributed by atoms with van der Waals surface area (Å²) in [6.45, 7) is 6.11. The maximum absolute atomic E-state index is 13.4. The molecule has 0 saturated heterocycles. The first-order chi connectivity index (χ1) is 12.4. The van der Waals surface area contributed by atoms with Gasteiger partial charge in [0.2, 0.25) is 0 Å². The van der Waals surface area contributed by atoms with Crippen molar-refractivity contribution in [3.63, 3.8) is 0 Å². The third-order valence-corrected chi connectivity index (χ3v) is 3.89. The fourth-order valence-corrected chi connectivity index (χ4v) is 2.63. The number of hydrogen-bond donors (Lipinski definition) is 2. The molecular weight excluding hydrogens is 333 g/mol. The van der Waals surface area contributed by atoms with Crippen molar-refractivity contribution < 1.29 is 13.5 Å². The second kappa shape index (κ2) is 7.47. The van der Waals surface area contributed by atoms with Crippen LogP contribution in [-0.4, -0.2) is 12.1 Å². The van der Waals surface area contributed by atoms with Crippen molar-refractivity contribution in [2.45, 2.75) is 33.4 Å². The van der Waals surface area contributed by atoms with Gasteiger partial charge in [0.05, 0.1) is 6.10 Å². The van der Waals surface area contributed by atoms with Gasteiger partial charge in [-0.05, 0) is 63.2 Å². The van der Waals surface area contributed by atoms with Crippen LogP contribution in [0.2, 0.25) is 0 Å². The molecule has 0 fully saturated rings. The van der Waals surface area contributed by atoms with Crippen LogP contribution in [-0.2, 0) is 6.54 Å². The Morgan fingerprint density at radius 3 is 2.65 bits per heavy atom. The number of nitrogens with two attached hydrogens (primary N) is 1. The third kappa shape index (κ3) is 4.14. The molecule has 2 aromatic carbocycles. The summed E-state index contributed by atoms with van der Waals surface area (Å²) < 4.78 is 24.7. The van der Waals surface area contributed by atoms with Crippen molar-refractivity contribution in [1.29, 1.82) is 0 Å². The molecule has 0 radical (unpaired) electrons. The molecule has 0 spiro atoms. The number of furan rings is 1. The Kier molecular flexibility index (Phi) is 5.11. The fourth-order valence-electron chi connectivity index (χ4n) is 2.63. The van der Waals surface area contributed by atoms with Gasteiger partial charge in [0.1, 0.15) is 29.5 Å². The van der Waals surface area contributed by atoms with Crippen molar-refractivity contribution >= 4 is 22.6 Å². The summed E-state index contributed by atoms with van der Waals surface area (Å²) in [6, 6.07) is 11.9. The van der Waals surface area contributed by atoms with Crippen LogP contribution in [0.5, 0.6) is 5.75 Å². The van der Waals surface area contributed by atoms with Crippen molar-refractivity contribution in [3.05, 3.63) is 59.6 Å². The largest absolute Gasteiger partial charge is 0.491 e. The second-order valence-corrected chi connectivity index (χ2v) is 6.31. The zero-order chi connectivity index (χ0) is 18.7. The van der Waals surface area contributed by atoms with Gasteiger partial charge in [0, 0.05) is 16.6 Å². The molecule has 0 bridgehead atoms. The highest BCUT2D eigenvalue weighted by Crippen LogP contribution is 2.26. The van der Waals surface area contributed by atoms with Crippen LogP contribution in [0.15, 0.2) is 51.9 Å². The van der Waals surface area contributed by atoms with Crippen LogP contribution in [0.4, 0.5) is 10.1 Å². The number of ether oxygens (including phenoxy) is 1. The van der Waals surface area contributed by atoms with E-state index in [4.69, 9.17) is 14.9 Å². The maximum atomic E-state index is 13.4. The Bertz CT molecular complexity index is 930. The molecule has 26 heavy (non-hydrogen) atoms. The summed E-state index contributed by atoms with van der Waals surface area (Å²) >= 11 is 0. The molecule has 3 N–H and O–H groups in total. The number of guanidine groups is 1. The highest BCUT2D eigenvalue weighted by molar-refractivity contribution is 5.92. The number of aliphatic imine (C=N–C) groups is 1. The summed E-state index contributed by atoms with van der Waals surface area (Å²) in [4.78, 5) is 4.30. The summed E-state index contributed by atoms with van der Waals surface area (Å²) in [7, 11) is 0. The van der Waals surface area contributed by atoms with Crippen LogP contribution in [0.1, 0.15) is 25.2 Å². The molecule has 0 unspecified atom stereocenters. The third-order valence-electron chi connectivity index (χ3n) is 3.89. The van der Waals surface area contributed by atoms with E-state index in [9.17, 15) is 4.39 Å². The molecule has 3 rings (SSSR count). The molecule has 1 heterocycles. The summed E-state index contributed by atoms with van der Waals surface area (Å²) in [6.07, 6.45) is 0.126. The molecule has 0 aliphatic heterocycles. The molecule has 0 saturated carbocycles. The lowest BCUT2D eigenvalue weighted by Gasteiger charge is -2.10. The van der Waals surface area contributed by atoms with E-state index in [1.165, 1.54) is 12.1 Å². The smallest absolute Gasteiger partial charge is 0.193 e. The topological polar surface area (TPSA) is 72.8 Å². The van der Waals surface area contributed by atoms with Crippen LogP contribution >= 0.6 is 0 Å². The number of anilines is 1. The minimum Gasteiger partial charge on any atom is -0.491 e. The Labute approximate surface area is 151 Å². The van der Waals surface area contributed by atoms with Gasteiger partial charge in [-0.25, -0.2) is 9.38 Å². The van der Waals surface area contributed by atoms with Gasteiger partial charge in [0.15, 0.2) is 5.96 Å². The average Bonchev–Trinajstić information content (AvgIpc) is 2.90. The van der Waals surface area contributed by atoms with E-state index in [1.807, 2.05) is 45.0 Å². The molecule has 0 amide bonds. The lowest BCUT2D eigenvalue weighted by Crippen LogP contribution is -2.22. The minimum atomic E-state index is -0.289. The lowest BCUT2D eigenvalue weighted by molar-refractivity contribution is 0.242. The first-order valence-corrected chi connectivity index (χ1v) is 8.43. The van der Waals surface area contributed by atoms with Crippen molar-refractivity contribution in [1.82, 2.24) is 0 Å². The molecule has 5 nitrogen and oxygen atoms in total. The molecule has 0 atom stereocenters. The predicted octanol–water partition coefficient (Wildman–Crippen LogP) is 4.59. The van der Waals surface area contributed by atoms with Gasteiger partial charge >= 0.3 is 0 Å². The van der Waals surface area contributed by atoms with Crippen molar-refractivity contribution in [2.75, 3.05) is 5.32 Å². The number of nitrogens with zero attached hydrogens (tertiary/aromatic N) is 1. The number of hydrogen-bond acceptors (Lipinski definition) is 3. The Balaban J connectivity index is 1.68. The Hall–Kier alpha value is -3.02. The van der Waals surface area contributed by atoms with Gasteiger partial charge in [-0.15, -0.1) is 0 Å². The van der Waals surface area contributed by atoms with Gasteiger partial charge in [-0.2, -0.15) is 0 Å². The molecule has 1 aromatic heterocycles. The van der Waals surface area contributed by atoms with Crippen molar-refractivity contribution in [2.24, 2.45) is 10.7 Å². The number of nitrogens with one attached hydrogen (secondary N) is 1. The van der Waals surface area contributed by atoms with Gasteiger partial charge in [0.25, 0.3) is 0 Å². The van der Waals surface area contributed by atoms with Crippen LogP contribution < -0.4 is 15.8 Å². The monoisotopic (exact) mass is 355 g/mol. The average molecular weight is 355 g/mol. The standard InChI is InChI=1S/C20H22FN3O2/c1-12(2)25-16-7-5-15(6-8-16)24-20(22)23-11-19-13(3)17-10-14(21)4-9-18(17)26-19/h4-10,12H,11H2,1-3H3,(H3,22,23,24). The van der Waals surface area contributed by atoms with E-state index in [0.29, 0.717) is 11.3 Å². The van der Waals surface area contributed by atoms with E-state index in [1.54, 1.807) is 6.07 Å². The summed E-state index contributed by atoms with van der Waals surface area (Å²) in [5.41, 5.74) is 8.26. The van der Waals surface area contributed by atoms with E-state index >= 15 is 0 Å². The highest BCUT2D eigenvalue weighted by Gasteiger charge is 2.11. The fraction of sp³-hybridized carbons (Fsp3) is 0.250. The number of rotatable bonds is 5. The Morgan fingerprint density at radius 1 is 1.23 bits per heavy atom. The molecule has 0 aliphatic carbocycles. The quantitative estimate of drug-likeness (QED) is 0.518. The van der Waals surface area contributed by atoms with Crippen LogP contribution in [0.25, 0.3) is 11.0 Å². The first kappa shape index (κ1) is 17.8. The normalized spacial score (nSPS) is 12.0. The first-order valence-electron chi connectivity index (χ1n) is 8.43. The second-order valence-electron chi connectivity index (χ2n) is 6.31. The number of fused-ring (bicyclic) bond motifs is 1. The van der Waals surface area contributed by atoms with Crippen molar-refractivity contribution in [3.8, 4) is 5.75 Å². The van der Waals surface area contributed by atoms with E-state index < -0.39 is 0 Å². The minimum absolute atomic E-state index is 0.126. The van der Waals surface area contributed by atoms with E-state index in [0.717, 1.165) is 22.4 Å². The molecular formula is C20H22FN3O2. The number of halogens is 1. The van der Waals surface area contributed by atoms with E-state index in [-0.39, 0.29) is 24.4 Å². The van der Waals surface area contributed by atoms with Crippen LogP contribution in [0, 0.1) is 12.7 Å². The van der Waals surface area contributed by atoms with Crippen LogP contribution in [0.3, 0.4) is 0 Å². The summed E-state index contributed by atoms with van der Waals surface area (Å²) in [5, 5.41) is 3.78. The maximum Gasteiger partial charge on any atom is 0.193 e. The van der Waals surface area contributed by atoms with Gasteiger partial charge < -0.3 is 20.2 Å². The SMILES string of the molecule is Cc1c(CN=C(N)Nc2ccc(OC(C)C)cc2)oc2ccc(F)cc12. The zero-order valence-electron chi connectivity index (χ0n) is 15.0. The zero-order valence-corrected chi connectivity index (χ0v) is 15.0. The summed E-state index contributed by atoms with van der Waals surface area (Å²) in [5.74, 6) is 1.44. The highest BCUT2D eigenvalue weighted by atomic mass is 19.1. The van der Waals surface area contributed by atoms with Gasteiger partial charge in [-0.1, -0.05) is 0 Å². The predicted molar refractivity (Wildman–Crippen MR) is 102 cm³/mol. The van der Waals surface area contributed by atoms with Gasteiger partial charge in [-0.3, -0.25) is 0 Å². The molecule has 0 aliphatic rings. The molecule has 136 valence electrons. The van der Waals surface area contributed by atoms with E-state index in [2.05, 4.69) is 10.3 Å².